The topological polar surface area (TPSA) is 60.8 Å². The number of carbonyl (C=O) groups excluding carboxylic acids is 1. The van der Waals surface area contributed by atoms with Crippen LogP contribution in [0.4, 0.5) is 0 Å². The van der Waals surface area contributed by atoms with Crippen molar-refractivity contribution < 1.29 is 14.3 Å². The van der Waals surface area contributed by atoms with Crippen LogP contribution in [0.25, 0.3) is 16.6 Å². The van der Waals surface area contributed by atoms with E-state index in [2.05, 4.69) is 11.0 Å². The number of aromatic nitrogens is 1. The molecule has 6 heteroatoms. The highest BCUT2D eigenvalue weighted by Crippen LogP contribution is 2.22. The number of aryl methyl sites for hydroxylation is 1. The molecule has 0 amide bonds. The fraction of sp³-hybridized carbons (Fsp3) is 0.333. The zero-order valence-corrected chi connectivity index (χ0v) is 17.4. The van der Waals surface area contributed by atoms with Gasteiger partial charge in [-0.1, -0.05) is 24.3 Å². The first-order valence-electron chi connectivity index (χ1n) is 10.3. The largest absolute Gasteiger partial charge is 0.462 e. The first-order valence-corrected chi connectivity index (χ1v) is 10.3. The van der Waals surface area contributed by atoms with Crippen molar-refractivity contribution in [3.8, 4) is 5.69 Å². The molecular formula is C24H26N2O4. The van der Waals surface area contributed by atoms with Gasteiger partial charge in [0.25, 0.3) is 0 Å². The molecule has 0 aliphatic carbocycles. The molecular weight excluding hydrogens is 380 g/mol. The van der Waals surface area contributed by atoms with Crippen molar-refractivity contribution in [2.24, 2.45) is 0 Å². The lowest BCUT2D eigenvalue weighted by Crippen LogP contribution is -2.35. The van der Waals surface area contributed by atoms with Crippen LogP contribution in [-0.4, -0.2) is 48.3 Å². The molecule has 3 aromatic rings. The van der Waals surface area contributed by atoms with Crippen LogP contribution >= 0.6 is 0 Å². The molecule has 0 N–H and O–H groups in total. The molecule has 4 rings (SSSR count). The number of benzene rings is 2. The van der Waals surface area contributed by atoms with Gasteiger partial charge >= 0.3 is 5.97 Å². The number of morpholine rings is 1. The fourth-order valence-electron chi connectivity index (χ4n) is 3.88. The highest BCUT2D eigenvalue weighted by Gasteiger charge is 2.19. The zero-order chi connectivity index (χ0) is 21.1. The second-order valence-corrected chi connectivity index (χ2v) is 7.49. The second-order valence-electron chi connectivity index (χ2n) is 7.49. The van der Waals surface area contributed by atoms with Crippen LogP contribution in [0.5, 0.6) is 0 Å². The molecule has 6 nitrogen and oxygen atoms in total. The minimum absolute atomic E-state index is 0.0520. The number of rotatable bonds is 5. The van der Waals surface area contributed by atoms with Crippen LogP contribution in [0.2, 0.25) is 0 Å². The monoisotopic (exact) mass is 406 g/mol. The summed E-state index contributed by atoms with van der Waals surface area (Å²) in [4.78, 5) is 28.0. The zero-order valence-electron chi connectivity index (χ0n) is 17.4. The van der Waals surface area contributed by atoms with E-state index in [9.17, 15) is 9.59 Å². The molecule has 0 radical (unpaired) electrons. The van der Waals surface area contributed by atoms with Crippen molar-refractivity contribution in [2.75, 3.05) is 32.9 Å². The number of para-hydroxylation sites is 1. The third-order valence-electron chi connectivity index (χ3n) is 5.45. The van der Waals surface area contributed by atoms with Gasteiger partial charge in [-0.2, -0.15) is 0 Å². The fourth-order valence-corrected chi connectivity index (χ4v) is 3.88. The van der Waals surface area contributed by atoms with E-state index < -0.39 is 5.97 Å². The van der Waals surface area contributed by atoms with Gasteiger partial charge in [0, 0.05) is 36.9 Å². The molecule has 1 aliphatic rings. The Labute approximate surface area is 175 Å². The molecule has 1 aromatic heterocycles. The smallest absolute Gasteiger partial charge is 0.343 e. The Bertz CT molecular complexity index is 1130. The summed E-state index contributed by atoms with van der Waals surface area (Å²) in [5.41, 5.74) is 3.55. The van der Waals surface area contributed by atoms with Gasteiger partial charge in [0.2, 0.25) is 5.43 Å². The van der Waals surface area contributed by atoms with Gasteiger partial charge < -0.3 is 14.0 Å². The number of nitrogens with zero attached hydrogens (tertiary/aromatic N) is 2. The predicted molar refractivity (Wildman–Crippen MR) is 116 cm³/mol. The Morgan fingerprint density at radius 2 is 1.90 bits per heavy atom. The minimum Gasteiger partial charge on any atom is -0.462 e. The summed E-state index contributed by atoms with van der Waals surface area (Å²) >= 11 is 0. The van der Waals surface area contributed by atoms with E-state index in [1.165, 1.54) is 0 Å². The average Bonchev–Trinajstić information content (AvgIpc) is 2.76. The van der Waals surface area contributed by atoms with E-state index in [0.717, 1.165) is 55.2 Å². The van der Waals surface area contributed by atoms with E-state index in [-0.39, 0.29) is 17.6 Å². The van der Waals surface area contributed by atoms with Crippen molar-refractivity contribution in [2.45, 2.75) is 20.4 Å². The molecule has 1 saturated heterocycles. The maximum absolute atomic E-state index is 13.2. The third-order valence-corrected chi connectivity index (χ3v) is 5.45. The molecule has 30 heavy (non-hydrogen) atoms. The summed E-state index contributed by atoms with van der Waals surface area (Å²) in [5.74, 6) is -0.592. The van der Waals surface area contributed by atoms with E-state index >= 15 is 0 Å². The van der Waals surface area contributed by atoms with Gasteiger partial charge in [-0.05, 0) is 43.2 Å². The highest BCUT2D eigenvalue weighted by molar-refractivity contribution is 5.94. The first-order chi connectivity index (χ1) is 14.6. The number of ether oxygens (including phenoxy) is 2. The molecule has 2 heterocycles. The van der Waals surface area contributed by atoms with Crippen molar-refractivity contribution in [1.29, 1.82) is 0 Å². The van der Waals surface area contributed by atoms with E-state index in [0.29, 0.717) is 5.39 Å². The SMILES string of the molecule is CCOC(=O)c1cn(-c2ccccc2C)c2ccc(CN3CCOCC3)cc2c1=O. The lowest BCUT2D eigenvalue weighted by atomic mass is 10.1. The van der Waals surface area contributed by atoms with Crippen LogP contribution in [-0.2, 0) is 16.0 Å². The number of hydrogen-bond acceptors (Lipinski definition) is 5. The van der Waals surface area contributed by atoms with Crippen molar-refractivity contribution in [3.05, 3.63) is 75.6 Å². The van der Waals surface area contributed by atoms with Crippen LogP contribution in [0.15, 0.2) is 53.5 Å². The standard InChI is InChI=1S/C24H26N2O4/c1-3-30-24(28)20-16-26(21-7-5-4-6-17(21)2)22-9-8-18(14-19(22)23(20)27)15-25-10-12-29-13-11-25/h4-9,14,16H,3,10-13,15H2,1-2H3. The number of fused-ring (bicyclic) bond motifs is 1. The van der Waals surface area contributed by atoms with Gasteiger partial charge in [-0.15, -0.1) is 0 Å². The maximum Gasteiger partial charge on any atom is 0.343 e. The van der Waals surface area contributed by atoms with Gasteiger partial charge in [0.1, 0.15) is 5.56 Å². The molecule has 1 fully saturated rings. The summed E-state index contributed by atoms with van der Waals surface area (Å²) in [5, 5.41) is 0.523. The Morgan fingerprint density at radius 3 is 2.63 bits per heavy atom. The summed E-state index contributed by atoms with van der Waals surface area (Å²) in [6, 6.07) is 13.8. The van der Waals surface area contributed by atoms with E-state index in [4.69, 9.17) is 9.47 Å². The lowest BCUT2D eigenvalue weighted by Gasteiger charge is -2.26. The summed E-state index contributed by atoms with van der Waals surface area (Å²) < 4.78 is 12.5. The molecule has 156 valence electrons. The molecule has 0 saturated carbocycles. The third kappa shape index (κ3) is 4.01. The molecule has 0 bridgehead atoms. The van der Waals surface area contributed by atoms with Crippen LogP contribution < -0.4 is 5.43 Å². The maximum atomic E-state index is 13.2. The minimum atomic E-state index is -0.592. The molecule has 1 aliphatic heterocycles. The van der Waals surface area contributed by atoms with E-state index in [1.807, 2.05) is 47.9 Å². The van der Waals surface area contributed by atoms with Crippen LogP contribution in [0.1, 0.15) is 28.4 Å². The van der Waals surface area contributed by atoms with Gasteiger partial charge in [-0.3, -0.25) is 9.69 Å². The Kier molecular flexibility index (Phi) is 5.97. The lowest BCUT2D eigenvalue weighted by molar-refractivity contribution is 0.0342. The molecule has 0 unspecified atom stereocenters. The van der Waals surface area contributed by atoms with Crippen LogP contribution in [0.3, 0.4) is 0 Å². The quantitative estimate of drug-likeness (QED) is 0.609. The number of esters is 1. The average molecular weight is 406 g/mol. The summed E-state index contributed by atoms with van der Waals surface area (Å²) in [6.45, 7) is 7.89. The summed E-state index contributed by atoms with van der Waals surface area (Å²) in [6.07, 6.45) is 1.60. The van der Waals surface area contributed by atoms with Gasteiger partial charge in [0.05, 0.1) is 25.3 Å². The predicted octanol–water partition coefficient (Wildman–Crippen LogP) is 3.31. The van der Waals surface area contributed by atoms with Crippen molar-refractivity contribution in [1.82, 2.24) is 9.47 Å². The highest BCUT2D eigenvalue weighted by atomic mass is 16.5. The Balaban J connectivity index is 1.87. The van der Waals surface area contributed by atoms with Crippen molar-refractivity contribution >= 4 is 16.9 Å². The summed E-state index contributed by atoms with van der Waals surface area (Å²) in [7, 11) is 0. The van der Waals surface area contributed by atoms with Gasteiger partial charge in [0.15, 0.2) is 0 Å². The Morgan fingerprint density at radius 1 is 1.13 bits per heavy atom. The second kappa shape index (κ2) is 8.81. The van der Waals surface area contributed by atoms with Crippen molar-refractivity contribution in [3.63, 3.8) is 0 Å². The molecule has 0 atom stereocenters. The number of pyridine rings is 1. The molecule has 0 spiro atoms. The first kappa shape index (κ1) is 20.3. The normalized spacial score (nSPS) is 14.7. The van der Waals surface area contributed by atoms with Gasteiger partial charge in [-0.25, -0.2) is 4.79 Å². The number of carbonyl (C=O) groups is 1. The van der Waals surface area contributed by atoms with Crippen LogP contribution in [0, 0.1) is 6.92 Å². The Hall–Kier alpha value is -2.96. The molecule has 2 aromatic carbocycles. The number of hydrogen-bond donors (Lipinski definition) is 0. The van der Waals surface area contributed by atoms with E-state index in [1.54, 1.807) is 13.1 Å².